The number of hydrogen-bond acceptors (Lipinski definition) is 6. The van der Waals surface area contributed by atoms with Gasteiger partial charge in [-0.2, -0.15) is 4.98 Å². The fourth-order valence-electron chi connectivity index (χ4n) is 1.67. The van der Waals surface area contributed by atoms with Crippen molar-refractivity contribution in [2.45, 2.75) is 26.0 Å². The van der Waals surface area contributed by atoms with E-state index >= 15 is 0 Å². The Morgan fingerprint density at radius 1 is 1.32 bits per heavy atom. The molecular weight excluding hydrogens is 305 g/mol. The molecule has 0 aliphatic carbocycles. The van der Waals surface area contributed by atoms with Crippen LogP contribution in [-0.4, -0.2) is 22.1 Å². The Morgan fingerprint density at radius 3 is 2.73 bits per heavy atom. The number of ether oxygens (including phenoxy) is 2. The third-order valence-corrected chi connectivity index (χ3v) is 3.07. The molecule has 2 aromatic rings. The molecule has 1 N–H and O–H groups in total. The Kier molecular flexibility index (Phi) is 5.97. The summed E-state index contributed by atoms with van der Waals surface area (Å²) in [5.74, 6) is -0.608. The minimum Gasteiger partial charge on any atom is -0.459 e. The van der Waals surface area contributed by atoms with Crippen LogP contribution in [0.15, 0.2) is 30.5 Å². The van der Waals surface area contributed by atoms with Gasteiger partial charge >= 0.3 is 6.01 Å². The van der Waals surface area contributed by atoms with Crippen molar-refractivity contribution >= 4 is 18.4 Å². The zero-order valence-electron chi connectivity index (χ0n) is 12.4. The van der Waals surface area contributed by atoms with Gasteiger partial charge in [0.2, 0.25) is 0 Å². The molecule has 1 heterocycles. The first-order valence-corrected chi connectivity index (χ1v) is 7.37. The summed E-state index contributed by atoms with van der Waals surface area (Å²) < 4.78 is 24.3. The summed E-state index contributed by atoms with van der Waals surface area (Å²) in [5, 5.41) is 2.69. The van der Waals surface area contributed by atoms with Crippen LogP contribution in [0.4, 0.5) is 10.2 Å². The Balaban J connectivity index is 2.00. The largest absolute Gasteiger partial charge is 0.459 e. The highest BCUT2D eigenvalue weighted by atomic mass is 32.1. The number of hydrogen-bond donors (Lipinski definition) is 2. The summed E-state index contributed by atoms with van der Waals surface area (Å²) >= 11 is 4.12. The van der Waals surface area contributed by atoms with Gasteiger partial charge in [-0.05, 0) is 19.4 Å². The molecule has 2 rings (SSSR count). The molecule has 1 atom stereocenters. The summed E-state index contributed by atoms with van der Waals surface area (Å²) in [6.07, 6.45) is 1.05. The SMILES string of the molecule is CCOC(S)Nc1nc(OCc2ccc(C)cc2)ncc1F. The number of nitrogens with zero attached hydrogens (tertiary/aromatic N) is 2. The van der Waals surface area contributed by atoms with Gasteiger partial charge in [0, 0.05) is 6.61 Å². The fourth-order valence-corrected chi connectivity index (χ4v) is 1.94. The molecule has 0 aliphatic rings. The first-order valence-electron chi connectivity index (χ1n) is 6.85. The molecule has 118 valence electrons. The number of nitrogens with one attached hydrogen (secondary N) is 1. The number of benzene rings is 1. The van der Waals surface area contributed by atoms with Crippen molar-refractivity contribution < 1.29 is 13.9 Å². The predicted molar refractivity (Wildman–Crippen MR) is 85.5 cm³/mol. The smallest absolute Gasteiger partial charge is 0.318 e. The molecule has 0 saturated carbocycles. The second kappa shape index (κ2) is 7.95. The van der Waals surface area contributed by atoms with E-state index in [1.54, 1.807) is 0 Å². The van der Waals surface area contributed by atoms with Crippen LogP contribution >= 0.6 is 12.6 Å². The first-order chi connectivity index (χ1) is 10.6. The van der Waals surface area contributed by atoms with E-state index in [9.17, 15) is 4.39 Å². The van der Waals surface area contributed by atoms with Gasteiger partial charge in [-0.1, -0.05) is 29.8 Å². The standard InChI is InChI=1S/C15H18FN3O2S/c1-3-20-15(22)19-13-12(16)8-17-14(18-13)21-9-11-6-4-10(2)5-7-11/h4-8,15,22H,3,9H2,1-2H3,(H,17,18,19). The van der Waals surface area contributed by atoms with Crippen molar-refractivity contribution in [1.29, 1.82) is 0 Å². The minimum absolute atomic E-state index is 0.0117. The molecule has 0 spiro atoms. The lowest BCUT2D eigenvalue weighted by Gasteiger charge is -2.14. The molecule has 5 nitrogen and oxygen atoms in total. The van der Waals surface area contributed by atoms with Gasteiger partial charge in [0.15, 0.2) is 17.2 Å². The van der Waals surface area contributed by atoms with E-state index in [0.29, 0.717) is 13.2 Å². The van der Waals surface area contributed by atoms with Gasteiger partial charge < -0.3 is 14.8 Å². The topological polar surface area (TPSA) is 56.3 Å². The Morgan fingerprint density at radius 2 is 2.05 bits per heavy atom. The molecule has 1 aromatic carbocycles. The summed E-state index contributed by atoms with van der Waals surface area (Å²) in [6, 6.07) is 7.98. The molecule has 0 saturated heterocycles. The number of rotatable bonds is 7. The van der Waals surface area contributed by atoms with Crippen molar-refractivity contribution in [3.63, 3.8) is 0 Å². The molecule has 0 aliphatic heterocycles. The minimum atomic E-state index is -0.653. The van der Waals surface area contributed by atoms with E-state index in [1.165, 1.54) is 5.56 Å². The van der Waals surface area contributed by atoms with Crippen LogP contribution in [0, 0.1) is 12.7 Å². The highest BCUT2D eigenvalue weighted by Crippen LogP contribution is 2.16. The lowest BCUT2D eigenvalue weighted by Crippen LogP contribution is -2.18. The maximum atomic E-state index is 13.6. The zero-order valence-corrected chi connectivity index (χ0v) is 13.3. The average molecular weight is 323 g/mol. The Labute approximate surface area is 134 Å². The van der Waals surface area contributed by atoms with Crippen LogP contribution in [0.25, 0.3) is 0 Å². The molecule has 22 heavy (non-hydrogen) atoms. The van der Waals surface area contributed by atoms with Crippen molar-refractivity contribution in [3.05, 3.63) is 47.4 Å². The third-order valence-electron chi connectivity index (χ3n) is 2.80. The highest BCUT2D eigenvalue weighted by Gasteiger charge is 2.11. The van der Waals surface area contributed by atoms with Gasteiger partial charge in [0.1, 0.15) is 6.61 Å². The number of thiol groups is 1. The van der Waals surface area contributed by atoms with Crippen molar-refractivity contribution in [1.82, 2.24) is 9.97 Å². The van der Waals surface area contributed by atoms with E-state index in [2.05, 4.69) is 27.9 Å². The van der Waals surface area contributed by atoms with Crippen LogP contribution in [0.1, 0.15) is 18.1 Å². The number of aromatic nitrogens is 2. The number of aryl methyl sites for hydroxylation is 1. The zero-order chi connectivity index (χ0) is 15.9. The maximum Gasteiger partial charge on any atom is 0.318 e. The molecule has 1 aromatic heterocycles. The predicted octanol–water partition coefficient (Wildman–Crippen LogP) is 3.16. The summed E-state index contributed by atoms with van der Waals surface area (Å²) in [7, 11) is 0. The van der Waals surface area contributed by atoms with E-state index < -0.39 is 11.4 Å². The molecule has 0 fully saturated rings. The van der Waals surface area contributed by atoms with Gasteiger partial charge in [-0.15, -0.1) is 12.6 Å². The summed E-state index contributed by atoms with van der Waals surface area (Å²) in [5.41, 5.74) is 1.50. The quantitative estimate of drug-likeness (QED) is 0.605. The van der Waals surface area contributed by atoms with Crippen molar-refractivity contribution in [2.24, 2.45) is 0 Å². The second-order valence-corrected chi connectivity index (χ2v) is 5.04. The van der Waals surface area contributed by atoms with Crippen molar-refractivity contribution in [2.75, 3.05) is 11.9 Å². The number of anilines is 1. The third kappa shape index (κ3) is 4.85. The summed E-state index contributed by atoms with van der Waals surface area (Å²) in [4.78, 5) is 7.79. The Hall–Kier alpha value is -1.86. The molecule has 0 bridgehead atoms. The first kappa shape index (κ1) is 16.5. The van der Waals surface area contributed by atoms with Crippen LogP contribution in [0.5, 0.6) is 6.01 Å². The maximum absolute atomic E-state index is 13.6. The molecular formula is C15H18FN3O2S. The van der Waals surface area contributed by atoms with Crippen LogP contribution < -0.4 is 10.1 Å². The van der Waals surface area contributed by atoms with Gasteiger partial charge in [-0.25, -0.2) is 9.37 Å². The molecule has 1 unspecified atom stereocenters. The fraction of sp³-hybridized carbons (Fsp3) is 0.333. The summed E-state index contributed by atoms with van der Waals surface area (Å²) in [6.45, 7) is 4.58. The molecule has 0 amide bonds. The second-order valence-electron chi connectivity index (χ2n) is 4.58. The number of halogens is 1. The van der Waals surface area contributed by atoms with E-state index in [0.717, 1.165) is 11.8 Å². The van der Waals surface area contributed by atoms with E-state index in [4.69, 9.17) is 9.47 Å². The van der Waals surface area contributed by atoms with Crippen LogP contribution in [0.2, 0.25) is 0 Å². The van der Waals surface area contributed by atoms with Crippen molar-refractivity contribution in [3.8, 4) is 6.01 Å². The lowest BCUT2D eigenvalue weighted by molar-refractivity contribution is 0.143. The van der Waals surface area contributed by atoms with E-state index in [-0.39, 0.29) is 11.8 Å². The normalized spacial score (nSPS) is 12.0. The monoisotopic (exact) mass is 323 g/mol. The average Bonchev–Trinajstić information content (AvgIpc) is 2.50. The van der Waals surface area contributed by atoms with Gasteiger partial charge in [0.25, 0.3) is 0 Å². The highest BCUT2D eigenvalue weighted by molar-refractivity contribution is 7.80. The Bertz CT molecular complexity index is 610. The molecule has 0 radical (unpaired) electrons. The van der Waals surface area contributed by atoms with E-state index in [1.807, 2.05) is 38.1 Å². The van der Waals surface area contributed by atoms with Crippen LogP contribution in [-0.2, 0) is 11.3 Å². The van der Waals surface area contributed by atoms with Gasteiger partial charge in [-0.3, -0.25) is 0 Å². The van der Waals surface area contributed by atoms with Gasteiger partial charge in [0.05, 0.1) is 6.20 Å². The van der Waals surface area contributed by atoms with Crippen LogP contribution in [0.3, 0.4) is 0 Å². The molecule has 7 heteroatoms. The lowest BCUT2D eigenvalue weighted by atomic mass is 10.2.